The van der Waals surface area contributed by atoms with E-state index >= 15 is 0 Å². The van der Waals surface area contributed by atoms with E-state index in [1.54, 1.807) is 6.92 Å². The van der Waals surface area contributed by atoms with Crippen molar-refractivity contribution in [2.45, 2.75) is 19.4 Å². The minimum atomic E-state index is -1.10. The summed E-state index contributed by atoms with van der Waals surface area (Å²) in [4.78, 5) is 21.1. The number of nitro groups is 1. The van der Waals surface area contributed by atoms with Crippen molar-refractivity contribution in [2.75, 3.05) is 5.32 Å². The van der Waals surface area contributed by atoms with Gasteiger partial charge >= 0.3 is 5.97 Å². The Hall–Kier alpha value is -1.53. The number of nitrogens with zero attached hydrogens (tertiary/aromatic N) is 1. The van der Waals surface area contributed by atoms with Crippen molar-refractivity contribution in [3.8, 4) is 0 Å². The molecule has 0 aliphatic carbocycles. The lowest BCUT2D eigenvalue weighted by Gasteiger charge is -2.14. The lowest BCUT2D eigenvalue weighted by Crippen LogP contribution is -2.28. The van der Waals surface area contributed by atoms with Gasteiger partial charge in [0.25, 0.3) is 5.69 Å². The van der Waals surface area contributed by atoms with Gasteiger partial charge in [0.05, 0.1) is 15.0 Å². The number of nitro benzene ring substituents is 1. The summed E-state index contributed by atoms with van der Waals surface area (Å²) < 4.78 is 0. The smallest absolute Gasteiger partial charge is 0.326 e. The molecular formula is C10H10Cl2N2O4. The summed E-state index contributed by atoms with van der Waals surface area (Å²) in [6, 6.07) is 1.40. The van der Waals surface area contributed by atoms with E-state index in [2.05, 4.69) is 5.32 Å². The van der Waals surface area contributed by atoms with E-state index < -0.39 is 16.9 Å². The Kier molecular flexibility index (Phi) is 4.75. The highest BCUT2D eigenvalue weighted by Crippen LogP contribution is 2.34. The van der Waals surface area contributed by atoms with Crippen LogP contribution in [0.1, 0.15) is 13.3 Å². The number of carboxylic acids is 1. The molecule has 1 rings (SSSR count). The van der Waals surface area contributed by atoms with Gasteiger partial charge in [-0.05, 0) is 12.5 Å². The number of halogens is 2. The molecule has 0 bridgehead atoms. The Morgan fingerprint density at radius 2 is 2.06 bits per heavy atom. The zero-order valence-corrected chi connectivity index (χ0v) is 10.8. The highest BCUT2D eigenvalue weighted by molar-refractivity contribution is 6.42. The maximum absolute atomic E-state index is 10.9. The van der Waals surface area contributed by atoms with E-state index in [1.165, 1.54) is 6.07 Å². The third-order valence-corrected chi connectivity index (χ3v) is 2.99. The Labute approximate surface area is 113 Å². The number of hydrogen-bond donors (Lipinski definition) is 2. The van der Waals surface area contributed by atoms with E-state index in [0.717, 1.165) is 6.07 Å². The predicted octanol–water partition coefficient (Wildman–Crippen LogP) is 3.18. The molecule has 0 aliphatic rings. The Bertz CT molecular complexity index is 493. The van der Waals surface area contributed by atoms with Crippen LogP contribution in [0.3, 0.4) is 0 Å². The third kappa shape index (κ3) is 3.24. The van der Waals surface area contributed by atoms with Crippen LogP contribution in [0, 0.1) is 10.1 Å². The molecule has 1 aromatic carbocycles. The lowest BCUT2D eigenvalue weighted by molar-refractivity contribution is -0.384. The van der Waals surface area contributed by atoms with Gasteiger partial charge in [-0.2, -0.15) is 0 Å². The summed E-state index contributed by atoms with van der Waals surface area (Å²) in [6.07, 6.45) is 0.271. The fraction of sp³-hybridized carbons (Fsp3) is 0.300. The van der Waals surface area contributed by atoms with Crippen LogP contribution >= 0.6 is 23.2 Å². The molecule has 6 nitrogen and oxygen atoms in total. The van der Waals surface area contributed by atoms with E-state index in [-0.39, 0.29) is 27.8 Å². The molecule has 1 atom stereocenters. The molecule has 0 amide bonds. The fourth-order valence-corrected chi connectivity index (χ4v) is 1.65. The van der Waals surface area contributed by atoms with Crippen LogP contribution in [0.4, 0.5) is 11.4 Å². The highest BCUT2D eigenvalue weighted by atomic mass is 35.5. The van der Waals surface area contributed by atoms with Crippen molar-refractivity contribution in [3.63, 3.8) is 0 Å². The predicted molar refractivity (Wildman–Crippen MR) is 68.5 cm³/mol. The Morgan fingerprint density at radius 1 is 1.50 bits per heavy atom. The zero-order valence-electron chi connectivity index (χ0n) is 9.31. The molecule has 2 N–H and O–H groups in total. The van der Waals surface area contributed by atoms with Crippen LogP contribution in [0.25, 0.3) is 0 Å². The normalized spacial score (nSPS) is 11.9. The molecule has 98 valence electrons. The molecule has 0 spiro atoms. The van der Waals surface area contributed by atoms with Crippen molar-refractivity contribution in [1.82, 2.24) is 0 Å². The average Bonchev–Trinajstić information content (AvgIpc) is 2.29. The largest absolute Gasteiger partial charge is 0.480 e. The van der Waals surface area contributed by atoms with Crippen molar-refractivity contribution < 1.29 is 14.8 Å². The standard InChI is InChI=1S/C10H10Cl2N2O4/c1-2-7(10(15)16)13-8-3-5(11)6(12)4-9(8)14(17)18/h3-4,7,13H,2H2,1H3,(H,15,16). The highest BCUT2D eigenvalue weighted by Gasteiger charge is 2.22. The number of rotatable bonds is 5. The summed E-state index contributed by atoms with van der Waals surface area (Å²) >= 11 is 11.4. The summed E-state index contributed by atoms with van der Waals surface area (Å²) in [6.45, 7) is 1.65. The maximum atomic E-state index is 10.9. The van der Waals surface area contributed by atoms with Gasteiger partial charge in [0, 0.05) is 6.07 Å². The van der Waals surface area contributed by atoms with Crippen molar-refractivity contribution in [1.29, 1.82) is 0 Å². The van der Waals surface area contributed by atoms with Crippen molar-refractivity contribution >= 4 is 40.5 Å². The second-order valence-corrected chi connectivity index (χ2v) is 4.30. The van der Waals surface area contributed by atoms with E-state index in [0.29, 0.717) is 0 Å². The topological polar surface area (TPSA) is 92.5 Å². The minimum absolute atomic E-state index is 0.0312. The third-order valence-electron chi connectivity index (χ3n) is 2.27. The van der Waals surface area contributed by atoms with Crippen molar-refractivity contribution in [3.05, 3.63) is 32.3 Å². The van der Waals surface area contributed by atoms with Crippen LogP contribution in [-0.2, 0) is 4.79 Å². The molecule has 1 aromatic rings. The number of benzene rings is 1. The second-order valence-electron chi connectivity index (χ2n) is 3.48. The van der Waals surface area contributed by atoms with Gasteiger partial charge in [-0.25, -0.2) is 4.79 Å². The molecule has 0 aliphatic heterocycles. The molecule has 0 aromatic heterocycles. The lowest BCUT2D eigenvalue weighted by atomic mass is 10.2. The second kappa shape index (κ2) is 5.88. The summed E-state index contributed by atoms with van der Waals surface area (Å²) in [5, 5.41) is 22.5. The van der Waals surface area contributed by atoms with Gasteiger partial charge in [-0.3, -0.25) is 10.1 Å². The zero-order chi connectivity index (χ0) is 13.9. The molecule has 0 heterocycles. The Balaban J connectivity index is 3.18. The SMILES string of the molecule is CCC(Nc1cc(Cl)c(Cl)cc1[N+](=O)[O-])C(=O)O. The van der Waals surface area contributed by atoms with Crippen molar-refractivity contribution in [2.24, 2.45) is 0 Å². The number of carboxylic acid groups (broad SMARTS) is 1. The monoisotopic (exact) mass is 292 g/mol. The first-order valence-corrected chi connectivity index (χ1v) is 5.75. The molecule has 0 fully saturated rings. The first-order valence-electron chi connectivity index (χ1n) is 4.99. The van der Waals surface area contributed by atoms with E-state index in [1.807, 2.05) is 0 Å². The van der Waals surface area contributed by atoms with E-state index in [4.69, 9.17) is 28.3 Å². The van der Waals surface area contributed by atoms with Crippen LogP contribution in [0.15, 0.2) is 12.1 Å². The first kappa shape index (κ1) is 14.5. The minimum Gasteiger partial charge on any atom is -0.480 e. The van der Waals surface area contributed by atoms with Gasteiger partial charge in [0.2, 0.25) is 0 Å². The van der Waals surface area contributed by atoms with Crippen LogP contribution < -0.4 is 5.32 Å². The number of nitrogens with one attached hydrogen (secondary N) is 1. The molecule has 1 unspecified atom stereocenters. The molecular weight excluding hydrogens is 283 g/mol. The van der Waals surface area contributed by atoms with Gasteiger partial charge in [0.1, 0.15) is 11.7 Å². The van der Waals surface area contributed by atoms with Gasteiger partial charge in [-0.1, -0.05) is 30.1 Å². The van der Waals surface area contributed by atoms with Gasteiger partial charge in [-0.15, -0.1) is 0 Å². The fourth-order valence-electron chi connectivity index (χ4n) is 1.33. The molecule has 0 saturated heterocycles. The first-order chi connectivity index (χ1) is 8.36. The van der Waals surface area contributed by atoms with E-state index in [9.17, 15) is 14.9 Å². The summed E-state index contributed by atoms with van der Waals surface area (Å²) in [5.74, 6) is -1.10. The van der Waals surface area contributed by atoms with Gasteiger partial charge < -0.3 is 10.4 Å². The number of hydrogen-bond acceptors (Lipinski definition) is 4. The Morgan fingerprint density at radius 3 is 2.50 bits per heavy atom. The molecule has 18 heavy (non-hydrogen) atoms. The summed E-state index contributed by atoms with van der Waals surface area (Å²) in [5.41, 5.74) is -0.284. The average molecular weight is 293 g/mol. The quantitative estimate of drug-likeness (QED) is 0.642. The number of anilines is 1. The molecule has 0 saturated carbocycles. The molecule has 8 heteroatoms. The molecule has 0 radical (unpaired) electrons. The number of aliphatic carboxylic acids is 1. The van der Waals surface area contributed by atoms with Gasteiger partial charge in [0.15, 0.2) is 0 Å². The summed E-state index contributed by atoms with van der Waals surface area (Å²) in [7, 11) is 0. The van der Waals surface area contributed by atoms with Crippen LogP contribution in [0.2, 0.25) is 10.0 Å². The maximum Gasteiger partial charge on any atom is 0.326 e. The number of carbonyl (C=O) groups is 1. The van der Waals surface area contributed by atoms with Crippen LogP contribution in [-0.4, -0.2) is 22.0 Å². The van der Waals surface area contributed by atoms with Crippen LogP contribution in [0.5, 0.6) is 0 Å².